The van der Waals surface area contributed by atoms with Gasteiger partial charge in [0.25, 0.3) is 0 Å². The molecule has 1 rings (SSSR count). The Labute approximate surface area is 80.5 Å². The molecule has 0 aromatic rings. The predicted octanol–water partition coefficient (Wildman–Crippen LogP) is 3.27. The van der Waals surface area contributed by atoms with Gasteiger partial charge in [-0.2, -0.15) is 0 Å². The van der Waals surface area contributed by atoms with Crippen LogP contribution < -0.4 is 0 Å². The molecule has 0 aromatic heterocycles. The molecule has 0 amide bonds. The van der Waals surface area contributed by atoms with Gasteiger partial charge in [0.05, 0.1) is 0 Å². The van der Waals surface area contributed by atoms with Crippen LogP contribution in [-0.2, 0) is 4.79 Å². The molecule has 0 unspecified atom stereocenters. The average molecular weight is 178 g/mol. The standard InChI is InChI=1S/C12H18O/c1-4-6-11(13)10-7-5-8-12(2,3)9-10/h4,6,9H,5,7-8H2,1-3H3/b6-4+. The van der Waals surface area contributed by atoms with Crippen molar-refractivity contribution in [2.24, 2.45) is 5.41 Å². The van der Waals surface area contributed by atoms with Gasteiger partial charge >= 0.3 is 0 Å². The highest BCUT2D eigenvalue weighted by Crippen LogP contribution is 2.33. The van der Waals surface area contributed by atoms with E-state index in [1.54, 1.807) is 6.08 Å². The monoisotopic (exact) mass is 178 g/mol. The number of rotatable bonds is 2. The van der Waals surface area contributed by atoms with Crippen molar-refractivity contribution in [1.29, 1.82) is 0 Å². The summed E-state index contributed by atoms with van der Waals surface area (Å²) in [5.74, 6) is 0.190. The van der Waals surface area contributed by atoms with Crippen LogP contribution in [-0.4, -0.2) is 5.78 Å². The van der Waals surface area contributed by atoms with Crippen LogP contribution in [0.25, 0.3) is 0 Å². The molecule has 0 saturated carbocycles. The second-order valence-corrected chi connectivity index (χ2v) is 4.38. The second kappa shape index (κ2) is 3.91. The van der Waals surface area contributed by atoms with Crippen molar-refractivity contribution in [3.8, 4) is 0 Å². The van der Waals surface area contributed by atoms with E-state index in [1.807, 2.05) is 13.0 Å². The van der Waals surface area contributed by atoms with Crippen LogP contribution in [0.3, 0.4) is 0 Å². The van der Waals surface area contributed by atoms with E-state index in [0.717, 1.165) is 18.4 Å². The van der Waals surface area contributed by atoms with Crippen molar-refractivity contribution < 1.29 is 4.79 Å². The number of hydrogen-bond acceptors (Lipinski definition) is 1. The molecule has 0 aromatic carbocycles. The summed E-state index contributed by atoms with van der Waals surface area (Å²) < 4.78 is 0. The van der Waals surface area contributed by atoms with Crippen molar-refractivity contribution in [2.75, 3.05) is 0 Å². The van der Waals surface area contributed by atoms with E-state index in [4.69, 9.17) is 0 Å². The lowest BCUT2D eigenvalue weighted by atomic mass is 9.79. The maximum atomic E-state index is 11.5. The van der Waals surface area contributed by atoms with E-state index >= 15 is 0 Å². The largest absolute Gasteiger partial charge is 0.290 e. The van der Waals surface area contributed by atoms with Crippen LogP contribution in [0, 0.1) is 5.41 Å². The molecular weight excluding hydrogens is 160 g/mol. The van der Waals surface area contributed by atoms with Gasteiger partial charge in [-0.1, -0.05) is 26.0 Å². The summed E-state index contributed by atoms with van der Waals surface area (Å²) in [5.41, 5.74) is 1.21. The number of carbonyl (C=O) groups is 1. The summed E-state index contributed by atoms with van der Waals surface area (Å²) >= 11 is 0. The Bertz CT molecular complexity index is 256. The second-order valence-electron chi connectivity index (χ2n) is 4.38. The third kappa shape index (κ3) is 2.83. The van der Waals surface area contributed by atoms with Crippen molar-refractivity contribution >= 4 is 5.78 Å². The minimum atomic E-state index is 0.190. The number of allylic oxidation sites excluding steroid dienone is 4. The molecule has 13 heavy (non-hydrogen) atoms. The Balaban J connectivity index is 2.80. The van der Waals surface area contributed by atoms with Gasteiger partial charge in [-0.15, -0.1) is 0 Å². The molecule has 1 heteroatoms. The lowest BCUT2D eigenvalue weighted by Crippen LogP contribution is -2.16. The zero-order valence-corrected chi connectivity index (χ0v) is 8.76. The first kappa shape index (κ1) is 10.2. The van der Waals surface area contributed by atoms with Crippen LogP contribution in [0.2, 0.25) is 0 Å². The fourth-order valence-corrected chi connectivity index (χ4v) is 1.80. The molecule has 0 N–H and O–H groups in total. The fourth-order valence-electron chi connectivity index (χ4n) is 1.80. The number of ketones is 1. The molecule has 0 aliphatic heterocycles. The summed E-state index contributed by atoms with van der Waals surface area (Å²) in [4.78, 5) is 11.5. The Morgan fingerprint density at radius 2 is 2.23 bits per heavy atom. The van der Waals surface area contributed by atoms with Crippen molar-refractivity contribution in [2.45, 2.75) is 40.0 Å². The Morgan fingerprint density at radius 3 is 2.77 bits per heavy atom. The van der Waals surface area contributed by atoms with Gasteiger partial charge in [-0.3, -0.25) is 4.79 Å². The van der Waals surface area contributed by atoms with Gasteiger partial charge in [0, 0.05) is 0 Å². The first-order valence-corrected chi connectivity index (χ1v) is 4.94. The SMILES string of the molecule is C/C=C/C(=O)C1=CC(C)(C)CCC1. The van der Waals surface area contributed by atoms with Gasteiger partial charge in [0.2, 0.25) is 0 Å². The molecule has 1 nitrogen and oxygen atoms in total. The van der Waals surface area contributed by atoms with Gasteiger partial charge in [-0.05, 0) is 43.3 Å². The first-order valence-electron chi connectivity index (χ1n) is 4.94. The lowest BCUT2D eigenvalue weighted by Gasteiger charge is -2.26. The van der Waals surface area contributed by atoms with Gasteiger partial charge in [-0.25, -0.2) is 0 Å². The average Bonchev–Trinajstić information content (AvgIpc) is 2.03. The van der Waals surface area contributed by atoms with Gasteiger partial charge in [0.1, 0.15) is 0 Å². The van der Waals surface area contributed by atoms with Gasteiger partial charge < -0.3 is 0 Å². The molecule has 0 heterocycles. The minimum absolute atomic E-state index is 0.190. The first-order chi connectivity index (χ1) is 6.05. The van der Waals surface area contributed by atoms with Crippen LogP contribution >= 0.6 is 0 Å². The molecule has 1 aliphatic carbocycles. The highest BCUT2D eigenvalue weighted by molar-refractivity contribution is 6.04. The summed E-state index contributed by atoms with van der Waals surface area (Å²) in [7, 11) is 0. The maximum Gasteiger partial charge on any atom is 0.181 e. The number of hydrogen-bond donors (Lipinski definition) is 0. The van der Waals surface area contributed by atoms with Crippen molar-refractivity contribution in [1.82, 2.24) is 0 Å². The number of carbonyl (C=O) groups excluding carboxylic acids is 1. The molecule has 0 radical (unpaired) electrons. The summed E-state index contributed by atoms with van der Waals surface area (Å²) in [6, 6.07) is 0. The van der Waals surface area contributed by atoms with Crippen LogP contribution in [0.1, 0.15) is 40.0 Å². The molecule has 0 bridgehead atoms. The summed E-state index contributed by atoms with van der Waals surface area (Å²) in [6.07, 6.45) is 8.89. The summed E-state index contributed by atoms with van der Waals surface area (Å²) in [5, 5.41) is 0. The van der Waals surface area contributed by atoms with E-state index in [-0.39, 0.29) is 11.2 Å². The van der Waals surface area contributed by atoms with Crippen LogP contribution in [0.15, 0.2) is 23.8 Å². The molecule has 72 valence electrons. The normalized spacial score (nSPS) is 21.6. The smallest absolute Gasteiger partial charge is 0.181 e. The molecular formula is C12H18O. The zero-order chi connectivity index (χ0) is 9.90. The summed E-state index contributed by atoms with van der Waals surface area (Å²) in [6.45, 7) is 6.26. The van der Waals surface area contributed by atoms with E-state index in [9.17, 15) is 4.79 Å². The van der Waals surface area contributed by atoms with Crippen molar-refractivity contribution in [3.05, 3.63) is 23.8 Å². The Morgan fingerprint density at radius 1 is 1.54 bits per heavy atom. The predicted molar refractivity (Wildman–Crippen MR) is 55.5 cm³/mol. The topological polar surface area (TPSA) is 17.1 Å². The third-order valence-corrected chi connectivity index (χ3v) is 2.47. The van der Waals surface area contributed by atoms with Crippen LogP contribution in [0.4, 0.5) is 0 Å². The van der Waals surface area contributed by atoms with E-state index in [2.05, 4.69) is 19.9 Å². The molecule has 1 aliphatic rings. The van der Waals surface area contributed by atoms with E-state index < -0.39 is 0 Å². The Kier molecular flexibility index (Phi) is 3.07. The lowest BCUT2D eigenvalue weighted by molar-refractivity contribution is -0.111. The third-order valence-electron chi connectivity index (χ3n) is 2.47. The maximum absolute atomic E-state index is 11.5. The van der Waals surface area contributed by atoms with E-state index in [1.165, 1.54) is 6.42 Å². The highest BCUT2D eigenvalue weighted by Gasteiger charge is 2.22. The highest BCUT2D eigenvalue weighted by atomic mass is 16.1. The zero-order valence-electron chi connectivity index (χ0n) is 8.76. The van der Waals surface area contributed by atoms with Crippen molar-refractivity contribution in [3.63, 3.8) is 0 Å². The van der Waals surface area contributed by atoms with Crippen LogP contribution in [0.5, 0.6) is 0 Å². The minimum Gasteiger partial charge on any atom is -0.290 e. The molecule has 0 spiro atoms. The van der Waals surface area contributed by atoms with Gasteiger partial charge in [0.15, 0.2) is 5.78 Å². The molecule has 0 atom stereocenters. The Hall–Kier alpha value is -0.850. The fraction of sp³-hybridized carbons (Fsp3) is 0.583. The van der Waals surface area contributed by atoms with E-state index in [0.29, 0.717) is 0 Å². The quantitative estimate of drug-likeness (QED) is 0.593. The molecule has 0 fully saturated rings. The molecule has 0 saturated heterocycles.